The van der Waals surface area contributed by atoms with Gasteiger partial charge in [-0.05, 0) is 31.2 Å². The highest BCUT2D eigenvalue weighted by molar-refractivity contribution is 5.76. The third kappa shape index (κ3) is 2.05. The van der Waals surface area contributed by atoms with Gasteiger partial charge in [0, 0.05) is 0 Å². The lowest BCUT2D eigenvalue weighted by Crippen LogP contribution is -2.41. The molecule has 2 saturated heterocycles. The molecule has 102 valence electrons. The minimum atomic E-state index is -0.918. The van der Waals surface area contributed by atoms with Crippen molar-refractivity contribution < 1.29 is 19.7 Å². The van der Waals surface area contributed by atoms with Gasteiger partial charge in [-0.1, -0.05) is 30.3 Å². The Balaban J connectivity index is 1.82. The minimum Gasteiger partial charge on any atom is -0.481 e. The Morgan fingerprint density at radius 2 is 2.11 bits per heavy atom. The first kappa shape index (κ1) is 12.6. The molecule has 0 radical (unpaired) electrons. The van der Waals surface area contributed by atoms with Crippen LogP contribution in [0.15, 0.2) is 30.3 Å². The van der Waals surface area contributed by atoms with E-state index in [9.17, 15) is 15.0 Å². The molecule has 0 spiro atoms. The van der Waals surface area contributed by atoms with Crippen molar-refractivity contribution >= 4 is 5.97 Å². The lowest BCUT2D eigenvalue weighted by Gasteiger charge is -2.32. The maximum atomic E-state index is 11.7. The fraction of sp³-hybridized carbons (Fsp3) is 0.533. The molecule has 2 N–H and O–H groups in total. The normalized spacial score (nSPS) is 34.4. The van der Waals surface area contributed by atoms with E-state index < -0.39 is 17.5 Å². The van der Waals surface area contributed by atoms with Crippen molar-refractivity contribution in [3.63, 3.8) is 0 Å². The molecule has 1 aromatic carbocycles. The van der Waals surface area contributed by atoms with Crippen molar-refractivity contribution in [2.75, 3.05) is 0 Å². The third-order valence-electron chi connectivity index (χ3n) is 4.48. The Morgan fingerprint density at radius 1 is 1.37 bits per heavy atom. The van der Waals surface area contributed by atoms with Crippen LogP contribution in [0.25, 0.3) is 0 Å². The van der Waals surface area contributed by atoms with E-state index >= 15 is 0 Å². The Labute approximate surface area is 112 Å². The van der Waals surface area contributed by atoms with Crippen molar-refractivity contribution in [2.24, 2.45) is 5.41 Å². The summed E-state index contributed by atoms with van der Waals surface area (Å²) in [5.74, 6) is -0.838. The predicted octanol–water partition coefficient (Wildman–Crippen LogP) is 2.13. The second kappa shape index (κ2) is 4.62. The van der Waals surface area contributed by atoms with E-state index in [4.69, 9.17) is 4.74 Å². The van der Waals surface area contributed by atoms with E-state index in [2.05, 4.69) is 0 Å². The summed E-state index contributed by atoms with van der Waals surface area (Å²) in [5.41, 5.74) is -0.149. The largest absolute Gasteiger partial charge is 0.481 e. The molecule has 4 nitrogen and oxygen atoms in total. The molecule has 0 aromatic heterocycles. The van der Waals surface area contributed by atoms with E-state index in [-0.39, 0.29) is 18.6 Å². The van der Waals surface area contributed by atoms with Crippen LogP contribution in [0.4, 0.5) is 0 Å². The standard InChI is InChI=1S/C15H18O4/c16-12(10-4-2-1-3-5-10)9-15(14(17)18)8-11-6-7-13(15)19-11/h1-5,11-13,16H,6-9H2,(H,17,18). The minimum absolute atomic E-state index is 0.0593. The first-order valence-electron chi connectivity index (χ1n) is 6.74. The van der Waals surface area contributed by atoms with Gasteiger partial charge < -0.3 is 14.9 Å². The molecular formula is C15H18O4. The molecule has 0 saturated carbocycles. The maximum absolute atomic E-state index is 11.7. The summed E-state index contributed by atoms with van der Waals surface area (Å²) in [7, 11) is 0. The molecule has 2 aliphatic heterocycles. The SMILES string of the molecule is O=C(O)C1(CC(O)c2ccccc2)CC2CCC1O2. The Bertz CT molecular complexity index is 472. The van der Waals surface area contributed by atoms with Gasteiger partial charge in [0.05, 0.1) is 23.7 Å². The van der Waals surface area contributed by atoms with Gasteiger partial charge in [0.1, 0.15) is 0 Å². The van der Waals surface area contributed by atoms with Crippen LogP contribution in [0.1, 0.15) is 37.4 Å². The first-order chi connectivity index (χ1) is 9.12. The Hall–Kier alpha value is -1.39. The van der Waals surface area contributed by atoms with Gasteiger partial charge in [-0.2, -0.15) is 0 Å². The number of fused-ring (bicyclic) bond motifs is 2. The molecule has 2 fully saturated rings. The number of carbonyl (C=O) groups is 1. The number of hydrogen-bond acceptors (Lipinski definition) is 3. The number of rotatable bonds is 4. The van der Waals surface area contributed by atoms with Crippen LogP contribution in [0.3, 0.4) is 0 Å². The van der Waals surface area contributed by atoms with E-state index in [0.29, 0.717) is 6.42 Å². The molecule has 1 aromatic rings. The van der Waals surface area contributed by atoms with Crippen LogP contribution < -0.4 is 0 Å². The van der Waals surface area contributed by atoms with Gasteiger partial charge in [-0.25, -0.2) is 0 Å². The molecule has 2 aliphatic rings. The summed E-state index contributed by atoms with van der Waals surface area (Å²) in [5, 5.41) is 19.9. The van der Waals surface area contributed by atoms with Gasteiger partial charge >= 0.3 is 5.97 Å². The molecule has 19 heavy (non-hydrogen) atoms. The fourth-order valence-electron chi connectivity index (χ4n) is 3.47. The van der Waals surface area contributed by atoms with Crippen molar-refractivity contribution in [2.45, 2.75) is 44.0 Å². The second-order valence-corrected chi connectivity index (χ2v) is 5.62. The van der Waals surface area contributed by atoms with Crippen LogP contribution in [0.2, 0.25) is 0 Å². The highest BCUT2D eigenvalue weighted by Crippen LogP contribution is 2.52. The van der Waals surface area contributed by atoms with Crippen LogP contribution in [-0.4, -0.2) is 28.4 Å². The molecule has 2 heterocycles. The number of aliphatic carboxylic acids is 1. The van der Waals surface area contributed by atoms with Gasteiger partial charge in [0.25, 0.3) is 0 Å². The summed E-state index contributed by atoms with van der Waals surface area (Å²) < 4.78 is 5.69. The molecule has 4 heteroatoms. The lowest BCUT2D eigenvalue weighted by atomic mass is 9.70. The zero-order valence-electron chi connectivity index (χ0n) is 10.7. The average Bonchev–Trinajstić information content (AvgIpc) is 3.00. The number of hydrogen-bond donors (Lipinski definition) is 2. The molecule has 4 unspecified atom stereocenters. The number of aliphatic hydroxyl groups is 1. The topological polar surface area (TPSA) is 66.8 Å². The van der Waals surface area contributed by atoms with Gasteiger partial charge in [-0.3, -0.25) is 4.79 Å². The molecule has 0 aliphatic carbocycles. The van der Waals surface area contributed by atoms with E-state index in [1.165, 1.54) is 0 Å². The van der Waals surface area contributed by atoms with Crippen molar-refractivity contribution in [1.29, 1.82) is 0 Å². The monoisotopic (exact) mass is 262 g/mol. The van der Waals surface area contributed by atoms with E-state index in [1.807, 2.05) is 30.3 Å². The third-order valence-corrected chi connectivity index (χ3v) is 4.48. The number of aliphatic hydroxyl groups excluding tert-OH is 1. The van der Waals surface area contributed by atoms with E-state index in [0.717, 1.165) is 18.4 Å². The lowest BCUT2D eigenvalue weighted by molar-refractivity contribution is -0.155. The van der Waals surface area contributed by atoms with Crippen molar-refractivity contribution in [3.05, 3.63) is 35.9 Å². The molecule has 3 rings (SSSR count). The Morgan fingerprint density at radius 3 is 2.63 bits per heavy atom. The molecular weight excluding hydrogens is 244 g/mol. The molecule has 0 amide bonds. The summed E-state index contributed by atoms with van der Waals surface area (Å²) in [4.78, 5) is 11.7. The van der Waals surface area contributed by atoms with Gasteiger partial charge in [-0.15, -0.1) is 0 Å². The number of carboxylic acids is 1. The first-order valence-corrected chi connectivity index (χ1v) is 6.74. The maximum Gasteiger partial charge on any atom is 0.312 e. The smallest absolute Gasteiger partial charge is 0.312 e. The number of ether oxygens (including phenoxy) is 1. The molecule has 4 atom stereocenters. The summed E-state index contributed by atoms with van der Waals surface area (Å²) in [6.45, 7) is 0. The second-order valence-electron chi connectivity index (χ2n) is 5.62. The van der Waals surface area contributed by atoms with Gasteiger partial charge in [0.15, 0.2) is 0 Å². The van der Waals surface area contributed by atoms with Crippen molar-refractivity contribution in [3.8, 4) is 0 Å². The van der Waals surface area contributed by atoms with Crippen molar-refractivity contribution in [1.82, 2.24) is 0 Å². The summed E-state index contributed by atoms with van der Waals surface area (Å²) in [6, 6.07) is 9.24. The summed E-state index contributed by atoms with van der Waals surface area (Å²) in [6.07, 6.45) is 1.56. The van der Waals surface area contributed by atoms with Crippen LogP contribution in [-0.2, 0) is 9.53 Å². The highest BCUT2D eigenvalue weighted by Gasteiger charge is 2.57. The van der Waals surface area contributed by atoms with Gasteiger partial charge in [0.2, 0.25) is 0 Å². The number of benzene rings is 1. The Kier molecular flexibility index (Phi) is 3.07. The fourth-order valence-corrected chi connectivity index (χ4v) is 3.47. The van der Waals surface area contributed by atoms with E-state index in [1.54, 1.807) is 0 Å². The average molecular weight is 262 g/mol. The summed E-state index contributed by atoms with van der Waals surface area (Å²) >= 11 is 0. The van der Waals surface area contributed by atoms with Crippen LogP contribution in [0.5, 0.6) is 0 Å². The zero-order valence-corrected chi connectivity index (χ0v) is 10.7. The van der Waals surface area contributed by atoms with Crippen LogP contribution in [0, 0.1) is 5.41 Å². The number of carboxylic acid groups (broad SMARTS) is 1. The highest BCUT2D eigenvalue weighted by atomic mass is 16.5. The molecule has 2 bridgehead atoms. The quantitative estimate of drug-likeness (QED) is 0.872. The predicted molar refractivity (Wildman–Crippen MR) is 68.6 cm³/mol. The zero-order chi connectivity index (χ0) is 13.5. The van der Waals surface area contributed by atoms with Crippen LogP contribution >= 0.6 is 0 Å².